The zero-order chi connectivity index (χ0) is 14.6. The fraction of sp³-hybridized carbons (Fsp3) is 0.278. The van der Waals surface area contributed by atoms with E-state index < -0.39 is 5.41 Å². The van der Waals surface area contributed by atoms with E-state index >= 15 is 0 Å². The van der Waals surface area contributed by atoms with Crippen molar-refractivity contribution < 1.29 is 9.53 Å². The molecule has 2 nitrogen and oxygen atoms in total. The fourth-order valence-electron chi connectivity index (χ4n) is 2.62. The summed E-state index contributed by atoms with van der Waals surface area (Å²) in [6.07, 6.45) is 0. The molecule has 0 fully saturated rings. The first-order valence-electron chi connectivity index (χ1n) is 6.79. The van der Waals surface area contributed by atoms with Gasteiger partial charge in [-0.3, -0.25) is 4.79 Å². The van der Waals surface area contributed by atoms with Crippen LogP contribution in [-0.4, -0.2) is 13.1 Å². The maximum Gasteiger partial charge on any atom is 0.316 e. The van der Waals surface area contributed by atoms with Gasteiger partial charge in [0.05, 0.1) is 12.5 Å². The first-order chi connectivity index (χ1) is 9.60. The molecule has 0 aliphatic heterocycles. The van der Waals surface area contributed by atoms with Crippen molar-refractivity contribution in [2.45, 2.75) is 25.2 Å². The molecule has 0 aliphatic rings. The summed E-state index contributed by atoms with van der Waals surface area (Å²) in [6, 6.07) is 19.9. The van der Waals surface area contributed by atoms with Crippen LogP contribution in [0.2, 0.25) is 0 Å². The summed E-state index contributed by atoms with van der Waals surface area (Å²) >= 11 is 0. The number of hydrogen-bond donors (Lipinski definition) is 0. The van der Waals surface area contributed by atoms with Crippen molar-refractivity contribution in [3.8, 4) is 0 Å². The van der Waals surface area contributed by atoms with Gasteiger partial charge in [-0.2, -0.15) is 0 Å². The number of ether oxygens (including phenoxy) is 1. The highest BCUT2D eigenvalue weighted by atomic mass is 16.5. The molecule has 0 radical (unpaired) electrons. The van der Waals surface area contributed by atoms with E-state index in [9.17, 15) is 4.79 Å². The van der Waals surface area contributed by atoms with Crippen molar-refractivity contribution in [3.63, 3.8) is 0 Å². The van der Waals surface area contributed by atoms with Crippen LogP contribution in [0.25, 0.3) is 0 Å². The molecule has 104 valence electrons. The molecule has 2 aromatic carbocycles. The summed E-state index contributed by atoms with van der Waals surface area (Å²) in [6.45, 7) is 4.02. The maximum absolute atomic E-state index is 12.4. The molecule has 0 N–H and O–H groups in total. The molecule has 0 amide bonds. The summed E-state index contributed by atoms with van der Waals surface area (Å²) in [7, 11) is 1.45. The Hall–Kier alpha value is -2.09. The van der Waals surface area contributed by atoms with E-state index in [1.54, 1.807) is 0 Å². The lowest BCUT2D eigenvalue weighted by Crippen LogP contribution is -2.38. The van der Waals surface area contributed by atoms with Crippen molar-refractivity contribution >= 4 is 5.97 Å². The molecule has 2 unspecified atom stereocenters. The van der Waals surface area contributed by atoms with Crippen LogP contribution >= 0.6 is 0 Å². The van der Waals surface area contributed by atoms with Crippen LogP contribution in [0.15, 0.2) is 60.7 Å². The molecule has 0 saturated heterocycles. The minimum absolute atomic E-state index is 0.0264. The summed E-state index contributed by atoms with van der Waals surface area (Å²) in [5, 5.41) is 0. The molecule has 0 bridgehead atoms. The number of carbonyl (C=O) groups excluding carboxylic acids is 1. The van der Waals surface area contributed by atoms with Crippen molar-refractivity contribution in [1.29, 1.82) is 0 Å². The van der Waals surface area contributed by atoms with Crippen LogP contribution in [0.4, 0.5) is 0 Å². The second-order valence-electron chi connectivity index (χ2n) is 5.19. The van der Waals surface area contributed by atoms with Gasteiger partial charge in [-0.1, -0.05) is 67.6 Å². The van der Waals surface area contributed by atoms with E-state index in [2.05, 4.69) is 19.1 Å². The third-order valence-electron chi connectivity index (χ3n) is 4.15. The topological polar surface area (TPSA) is 26.3 Å². The molecular formula is C18H20O2. The minimum Gasteiger partial charge on any atom is -0.468 e. The van der Waals surface area contributed by atoms with Crippen LogP contribution in [0.5, 0.6) is 0 Å². The SMILES string of the molecule is COC(=O)C(C)(c1ccccc1)C(C)c1ccccc1. The number of esters is 1. The predicted molar refractivity (Wildman–Crippen MR) is 80.7 cm³/mol. The van der Waals surface area contributed by atoms with Gasteiger partial charge >= 0.3 is 5.97 Å². The summed E-state index contributed by atoms with van der Waals surface area (Å²) in [5.41, 5.74) is 1.41. The second kappa shape index (κ2) is 5.91. The Morgan fingerprint density at radius 1 is 1.00 bits per heavy atom. The average Bonchev–Trinajstić information content (AvgIpc) is 2.54. The molecule has 2 atom stereocenters. The normalized spacial score (nSPS) is 15.2. The molecular weight excluding hydrogens is 248 g/mol. The highest BCUT2D eigenvalue weighted by Gasteiger charge is 2.42. The highest BCUT2D eigenvalue weighted by Crippen LogP contribution is 2.39. The van der Waals surface area contributed by atoms with Gasteiger partial charge in [0, 0.05) is 5.92 Å². The van der Waals surface area contributed by atoms with Crippen molar-refractivity contribution in [2.24, 2.45) is 0 Å². The largest absolute Gasteiger partial charge is 0.468 e. The predicted octanol–water partition coefficient (Wildman–Crippen LogP) is 3.92. The lowest BCUT2D eigenvalue weighted by molar-refractivity contribution is -0.147. The van der Waals surface area contributed by atoms with Gasteiger partial charge in [-0.05, 0) is 18.1 Å². The van der Waals surface area contributed by atoms with Crippen molar-refractivity contribution in [1.82, 2.24) is 0 Å². The lowest BCUT2D eigenvalue weighted by Gasteiger charge is -2.33. The van der Waals surface area contributed by atoms with E-state index in [0.29, 0.717) is 0 Å². The third kappa shape index (κ3) is 2.46. The first-order valence-corrected chi connectivity index (χ1v) is 6.79. The minimum atomic E-state index is -0.697. The highest BCUT2D eigenvalue weighted by molar-refractivity contribution is 5.84. The van der Waals surface area contributed by atoms with Crippen LogP contribution in [0.3, 0.4) is 0 Å². The Morgan fingerprint density at radius 3 is 2.00 bits per heavy atom. The summed E-state index contributed by atoms with van der Waals surface area (Å²) in [4.78, 5) is 12.4. The van der Waals surface area contributed by atoms with Gasteiger partial charge in [-0.25, -0.2) is 0 Å². The van der Waals surface area contributed by atoms with Crippen LogP contribution < -0.4 is 0 Å². The molecule has 0 heterocycles. The van der Waals surface area contributed by atoms with E-state index in [-0.39, 0.29) is 11.9 Å². The molecule has 2 rings (SSSR count). The smallest absolute Gasteiger partial charge is 0.316 e. The maximum atomic E-state index is 12.4. The number of methoxy groups -OCH3 is 1. The average molecular weight is 268 g/mol. The van der Waals surface area contributed by atoms with Gasteiger partial charge in [-0.15, -0.1) is 0 Å². The van der Waals surface area contributed by atoms with Crippen LogP contribution in [0, 0.1) is 0 Å². The number of benzene rings is 2. The molecule has 0 aromatic heterocycles. The van der Waals surface area contributed by atoms with E-state index in [1.165, 1.54) is 7.11 Å². The molecule has 0 spiro atoms. The molecule has 0 saturated carbocycles. The Kier molecular flexibility index (Phi) is 4.23. The zero-order valence-corrected chi connectivity index (χ0v) is 12.2. The zero-order valence-electron chi connectivity index (χ0n) is 12.2. The summed E-state index contributed by atoms with van der Waals surface area (Å²) < 4.78 is 5.07. The number of hydrogen-bond acceptors (Lipinski definition) is 2. The van der Waals surface area contributed by atoms with Crippen LogP contribution in [0.1, 0.15) is 30.9 Å². The van der Waals surface area contributed by atoms with E-state index in [0.717, 1.165) is 11.1 Å². The number of rotatable bonds is 4. The Bertz CT molecular complexity index is 562. The first kappa shape index (κ1) is 14.3. The lowest BCUT2D eigenvalue weighted by atomic mass is 9.70. The Labute approximate surface area is 120 Å². The summed E-state index contributed by atoms with van der Waals surface area (Å²) in [5.74, 6) is -0.182. The molecule has 2 aromatic rings. The van der Waals surface area contributed by atoms with Gasteiger partial charge in [0.25, 0.3) is 0 Å². The standard InChI is InChI=1S/C18H20O2/c1-14(15-10-6-4-7-11-15)18(2,17(19)20-3)16-12-8-5-9-13-16/h4-14H,1-3H3. The Morgan fingerprint density at radius 2 is 1.50 bits per heavy atom. The van der Waals surface area contributed by atoms with E-state index in [4.69, 9.17) is 4.74 Å². The van der Waals surface area contributed by atoms with E-state index in [1.807, 2.05) is 55.5 Å². The Balaban J connectivity index is 2.51. The molecule has 2 heteroatoms. The quantitative estimate of drug-likeness (QED) is 0.786. The fourth-order valence-corrected chi connectivity index (χ4v) is 2.62. The van der Waals surface area contributed by atoms with Gasteiger partial charge < -0.3 is 4.74 Å². The second-order valence-corrected chi connectivity index (χ2v) is 5.19. The van der Waals surface area contributed by atoms with Crippen molar-refractivity contribution in [2.75, 3.05) is 7.11 Å². The van der Waals surface area contributed by atoms with Crippen molar-refractivity contribution in [3.05, 3.63) is 71.8 Å². The van der Waals surface area contributed by atoms with Gasteiger partial charge in [0.15, 0.2) is 0 Å². The molecule has 0 aliphatic carbocycles. The van der Waals surface area contributed by atoms with Gasteiger partial charge in [0.1, 0.15) is 0 Å². The monoisotopic (exact) mass is 268 g/mol. The number of carbonyl (C=O) groups is 1. The van der Waals surface area contributed by atoms with Crippen LogP contribution in [-0.2, 0) is 14.9 Å². The van der Waals surface area contributed by atoms with Gasteiger partial charge in [0.2, 0.25) is 0 Å². The molecule has 20 heavy (non-hydrogen) atoms. The third-order valence-corrected chi connectivity index (χ3v) is 4.15.